The molecule has 1 fully saturated rings. The van der Waals surface area contributed by atoms with E-state index >= 15 is 0 Å². The standard InChI is InChI=1S/C13H20N4O3/c1-9-8-17(7-6-14-9)13(18)15-10-4-5-11(19-2)16-12(10)20-3/h4-5,9,14H,6-8H2,1-3H3,(H,15,18). The lowest BCUT2D eigenvalue weighted by atomic mass is 10.2. The molecular formula is C13H20N4O3. The van der Waals surface area contributed by atoms with Gasteiger partial charge in [0.05, 0.1) is 14.2 Å². The predicted molar refractivity (Wildman–Crippen MR) is 75.4 cm³/mol. The fourth-order valence-corrected chi connectivity index (χ4v) is 2.10. The molecule has 0 radical (unpaired) electrons. The van der Waals surface area contributed by atoms with E-state index in [0.29, 0.717) is 36.6 Å². The third-order valence-electron chi connectivity index (χ3n) is 3.13. The van der Waals surface area contributed by atoms with Crippen molar-refractivity contribution in [2.45, 2.75) is 13.0 Å². The van der Waals surface area contributed by atoms with Crippen LogP contribution in [-0.4, -0.2) is 55.8 Å². The Hall–Kier alpha value is -2.02. The number of amides is 2. The summed E-state index contributed by atoms with van der Waals surface area (Å²) in [5, 5.41) is 6.11. The van der Waals surface area contributed by atoms with E-state index in [1.165, 1.54) is 14.2 Å². The van der Waals surface area contributed by atoms with Crippen LogP contribution in [0.3, 0.4) is 0 Å². The summed E-state index contributed by atoms with van der Waals surface area (Å²) in [6.07, 6.45) is 0. The predicted octanol–water partition coefficient (Wildman–Crippen LogP) is 0.924. The third kappa shape index (κ3) is 3.30. The van der Waals surface area contributed by atoms with Gasteiger partial charge in [0.1, 0.15) is 5.69 Å². The molecule has 2 N–H and O–H groups in total. The second-order valence-corrected chi connectivity index (χ2v) is 4.64. The number of anilines is 1. The zero-order valence-electron chi connectivity index (χ0n) is 12.0. The van der Waals surface area contributed by atoms with E-state index in [-0.39, 0.29) is 6.03 Å². The highest BCUT2D eigenvalue weighted by Crippen LogP contribution is 2.25. The average Bonchev–Trinajstić information content (AvgIpc) is 2.47. The fourth-order valence-electron chi connectivity index (χ4n) is 2.10. The summed E-state index contributed by atoms with van der Waals surface area (Å²) in [4.78, 5) is 18.1. The number of aromatic nitrogens is 1. The molecule has 0 bridgehead atoms. The van der Waals surface area contributed by atoms with Crippen molar-refractivity contribution < 1.29 is 14.3 Å². The van der Waals surface area contributed by atoms with Gasteiger partial charge in [-0.15, -0.1) is 0 Å². The molecule has 2 heterocycles. The Morgan fingerprint density at radius 2 is 2.25 bits per heavy atom. The number of ether oxygens (including phenoxy) is 2. The minimum atomic E-state index is -0.149. The van der Waals surface area contributed by atoms with Gasteiger partial charge >= 0.3 is 6.03 Å². The van der Waals surface area contributed by atoms with E-state index in [2.05, 4.69) is 22.5 Å². The molecule has 1 aromatic rings. The minimum Gasteiger partial charge on any atom is -0.481 e. The van der Waals surface area contributed by atoms with Crippen LogP contribution >= 0.6 is 0 Å². The molecule has 1 unspecified atom stereocenters. The van der Waals surface area contributed by atoms with Gasteiger partial charge < -0.3 is 25.0 Å². The van der Waals surface area contributed by atoms with Crippen molar-refractivity contribution in [3.8, 4) is 11.8 Å². The first-order valence-electron chi connectivity index (χ1n) is 6.52. The van der Waals surface area contributed by atoms with Gasteiger partial charge in [-0.2, -0.15) is 4.98 Å². The van der Waals surface area contributed by atoms with Crippen LogP contribution in [0.15, 0.2) is 12.1 Å². The Labute approximate surface area is 118 Å². The Morgan fingerprint density at radius 1 is 1.45 bits per heavy atom. The number of piperazine rings is 1. The topological polar surface area (TPSA) is 75.7 Å². The molecule has 7 heteroatoms. The van der Waals surface area contributed by atoms with Gasteiger partial charge in [0, 0.05) is 31.7 Å². The Bertz CT molecular complexity index is 481. The van der Waals surface area contributed by atoms with Crippen LogP contribution in [0.25, 0.3) is 0 Å². The van der Waals surface area contributed by atoms with Crippen molar-refractivity contribution in [3.05, 3.63) is 12.1 Å². The van der Waals surface area contributed by atoms with Crippen LogP contribution in [0.5, 0.6) is 11.8 Å². The number of pyridine rings is 1. The number of carbonyl (C=O) groups is 1. The molecule has 0 aromatic carbocycles. The molecule has 7 nitrogen and oxygen atoms in total. The van der Waals surface area contributed by atoms with Crippen molar-refractivity contribution in [1.29, 1.82) is 0 Å². The first kappa shape index (κ1) is 14.4. The van der Waals surface area contributed by atoms with Crippen molar-refractivity contribution in [3.63, 3.8) is 0 Å². The first-order chi connectivity index (χ1) is 9.63. The smallest absolute Gasteiger partial charge is 0.322 e. The van der Waals surface area contributed by atoms with E-state index in [9.17, 15) is 4.79 Å². The number of rotatable bonds is 3. The van der Waals surface area contributed by atoms with Crippen LogP contribution in [0.4, 0.5) is 10.5 Å². The maximum Gasteiger partial charge on any atom is 0.322 e. The molecule has 1 saturated heterocycles. The number of urea groups is 1. The fraction of sp³-hybridized carbons (Fsp3) is 0.538. The molecule has 110 valence electrons. The Morgan fingerprint density at radius 3 is 2.90 bits per heavy atom. The van der Waals surface area contributed by atoms with E-state index in [0.717, 1.165) is 6.54 Å². The van der Waals surface area contributed by atoms with Crippen LogP contribution < -0.4 is 20.1 Å². The minimum absolute atomic E-state index is 0.149. The van der Waals surface area contributed by atoms with Crippen molar-refractivity contribution in [2.75, 3.05) is 39.2 Å². The molecule has 0 spiro atoms. The Kier molecular flexibility index (Phi) is 4.62. The lowest BCUT2D eigenvalue weighted by Gasteiger charge is -2.31. The molecule has 20 heavy (non-hydrogen) atoms. The summed E-state index contributed by atoms with van der Waals surface area (Å²) in [6, 6.07) is 3.54. The van der Waals surface area contributed by atoms with E-state index < -0.39 is 0 Å². The Balaban J connectivity index is 2.07. The number of hydrogen-bond acceptors (Lipinski definition) is 5. The highest BCUT2D eigenvalue weighted by Gasteiger charge is 2.21. The van der Waals surface area contributed by atoms with Crippen molar-refractivity contribution >= 4 is 11.7 Å². The quantitative estimate of drug-likeness (QED) is 0.861. The summed E-state index contributed by atoms with van der Waals surface area (Å²) in [5.41, 5.74) is 0.532. The van der Waals surface area contributed by atoms with Crippen molar-refractivity contribution in [1.82, 2.24) is 15.2 Å². The molecule has 2 rings (SSSR count). The lowest BCUT2D eigenvalue weighted by molar-refractivity contribution is 0.192. The van der Waals surface area contributed by atoms with E-state index in [1.807, 2.05) is 0 Å². The van der Waals surface area contributed by atoms with Gasteiger partial charge in [0.25, 0.3) is 0 Å². The van der Waals surface area contributed by atoms with Crippen LogP contribution in [0.1, 0.15) is 6.92 Å². The monoisotopic (exact) mass is 280 g/mol. The highest BCUT2D eigenvalue weighted by molar-refractivity contribution is 5.90. The van der Waals surface area contributed by atoms with Gasteiger partial charge in [-0.1, -0.05) is 0 Å². The van der Waals surface area contributed by atoms with E-state index in [1.54, 1.807) is 17.0 Å². The normalized spacial score (nSPS) is 18.6. The van der Waals surface area contributed by atoms with Crippen LogP contribution in [-0.2, 0) is 0 Å². The summed E-state index contributed by atoms with van der Waals surface area (Å²) in [5.74, 6) is 0.775. The van der Waals surface area contributed by atoms with E-state index in [4.69, 9.17) is 9.47 Å². The molecule has 0 saturated carbocycles. The summed E-state index contributed by atoms with van der Waals surface area (Å²) in [7, 11) is 3.03. The molecule has 2 amide bonds. The highest BCUT2D eigenvalue weighted by atomic mass is 16.5. The average molecular weight is 280 g/mol. The van der Waals surface area contributed by atoms with Crippen LogP contribution in [0, 0.1) is 0 Å². The van der Waals surface area contributed by atoms with Gasteiger partial charge in [-0.3, -0.25) is 0 Å². The number of carbonyl (C=O) groups excluding carboxylic acids is 1. The molecule has 1 atom stereocenters. The second kappa shape index (κ2) is 6.42. The lowest BCUT2D eigenvalue weighted by Crippen LogP contribution is -2.52. The number of methoxy groups -OCH3 is 2. The van der Waals surface area contributed by atoms with Gasteiger partial charge in [-0.05, 0) is 13.0 Å². The molecule has 1 aromatic heterocycles. The SMILES string of the molecule is COc1ccc(NC(=O)N2CCNC(C)C2)c(OC)n1. The van der Waals surface area contributed by atoms with Gasteiger partial charge in [-0.25, -0.2) is 4.79 Å². The zero-order chi connectivity index (χ0) is 14.5. The number of nitrogens with zero attached hydrogens (tertiary/aromatic N) is 2. The van der Waals surface area contributed by atoms with Gasteiger partial charge in [0.2, 0.25) is 11.8 Å². The molecule has 1 aliphatic heterocycles. The summed E-state index contributed by atoms with van der Waals surface area (Å²) < 4.78 is 10.2. The maximum absolute atomic E-state index is 12.2. The molecule has 1 aliphatic rings. The zero-order valence-corrected chi connectivity index (χ0v) is 12.0. The van der Waals surface area contributed by atoms with Gasteiger partial charge in [0.15, 0.2) is 0 Å². The third-order valence-corrected chi connectivity index (χ3v) is 3.13. The number of hydrogen-bond donors (Lipinski definition) is 2. The summed E-state index contributed by atoms with van der Waals surface area (Å²) in [6.45, 7) is 4.21. The molecule has 0 aliphatic carbocycles. The van der Waals surface area contributed by atoms with Crippen LogP contribution in [0.2, 0.25) is 0 Å². The largest absolute Gasteiger partial charge is 0.481 e. The van der Waals surface area contributed by atoms with Crippen molar-refractivity contribution in [2.24, 2.45) is 0 Å². The molecular weight excluding hydrogens is 260 g/mol. The maximum atomic E-state index is 12.2. The summed E-state index contributed by atoms with van der Waals surface area (Å²) >= 11 is 0. The first-order valence-corrected chi connectivity index (χ1v) is 6.52. The second-order valence-electron chi connectivity index (χ2n) is 4.64. The number of nitrogens with one attached hydrogen (secondary N) is 2.